The maximum Gasteiger partial charge on any atom is 0.169 e. The molecule has 4 nitrogen and oxygen atoms in total. The van der Waals surface area contributed by atoms with E-state index in [0.29, 0.717) is 12.1 Å². The zero-order valence-corrected chi connectivity index (χ0v) is 9.65. The van der Waals surface area contributed by atoms with Crippen molar-refractivity contribution in [2.75, 3.05) is 33.9 Å². The first kappa shape index (κ1) is 11.3. The molecular formula is C11H21NO3. The number of ether oxygens (including phenoxy) is 3. The second-order valence-corrected chi connectivity index (χ2v) is 4.30. The van der Waals surface area contributed by atoms with Gasteiger partial charge < -0.3 is 14.2 Å². The molecule has 2 fully saturated rings. The highest BCUT2D eigenvalue weighted by molar-refractivity contribution is 4.89. The van der Waals surface area contributed by atoms with E-state index in [1.165, 1.54) is 19.3 Å². The normalized spacial score (nSPS) is 32.2. The van der Waals surface area contributed by atoms with Crippen molar-refractivity contribution < 1.29 is 14.2 Å². The molecule has 0 bridgehead atoms. The molecule has 88 valence electrons. The zero-order valence-electron chi connectivity index (χ0n) is 9.65. The summed E-state index contributed by atoms with van der Waals surface area (Å²) in [4.78, 5) is 2.46. The van der Waals surface area contributed by atoms with Crippen LogP contribution < -0.4 is 0 Å². The highest BCUT2D eigenvalue weighted by atomic mass is 16.7. The van der Waals surface area contributed by atoms with Gasteiger partial charge >= 0.3 is 0 Å². The number of hydrogen-bond acceptors (Lipinski definition) is 4. The number of rotatable bonds is 4. The molecule has 0 amide bonds. The van der Waals surface area contributed by atoms with Gasteiger partial charge in [0.2, 0.25) is 0 Å². The lowest BCUT2D eigenvalue weighted by molar-refractivity contribution is -0.140. The van der Waals surface area contributed by atoms with Crippen LogP contribution in [0.1, 0.15) is 19.3 Å². The van der Waals surface area contributed by atoms with Gasteiger partial charge in [0, 0.05) is 33.4 Å². The van der Waals surface area contributed by atoms with Crippen LogP contribution in [-0.4, -0.2) is 57.3 Å². The van der Waals surface area contributed by atoms with E-state index < -0.39 is 0 Å². The molecule has 0 aromatic heterocycles. The van der Waals surface area contributed by atoms with Crippen LogP contribution in [0.4, 0.5) is 0 Å². The topological polar surface area (TPSA) is 30.9 Å². The van der Waals surface area contributed by atoms with Crippen molar-refractivity contribution in [3.05, 3.63) is 0 Å². The van der Waals surface area contributed by atoms with E-state index in [2.05, 4.69) is 4.90 Å². The van der Waals surface area contributed by atoms with Crippen LogP contribution in [0, 0.1) is 0 Å². The number of fused-ring (bicyclic) bond motifs is 1. The van der Waals surface area contributed by atoms with Gasteiger partial charge in [0.25, 0.3) is 0 Å². The van der Waals surface area contributed by atoms with Crippen LogP contribution in [0.5, 0.6) is 0 Å². The summed E-state index contributed by atoms with van der Waals surface area (Å²) in [6, 6.07) is 0.589. The third-order valence-corrected chi connectivity index (χ3v) is 3.51. The number of morpholine rings is 1. The molecule has 1 aliphatic heterocycles. The Morgan fingerprint density at radius 3 is 2.87 bits per heavy atom. The molecule has 2 atom stereocenters. The molecule has 15 heavy (non-hydrogen) atoms. The number of methoxy groups -OCH3 is 2. The number of hydrogen-bond donors (Lipinski definition) is 0. The van der Waals surface area contributed by atoms with Gasteiger partial charge in [0.05, 0.1) is 12.7 Å². The monoisotopic (exact) mass is 215 g/mol. The molecule has 0 spiro atoms. The van der Waals surface area contributed by atoms with Crippen molar-refractivity contribution in [1.82, 2.24) is 4.90 Å². The van der Waals surface area contributed by atoms with Gasteiger partial charge in [-0.2, -0.15) is 0 Å². The van der Waals surface area contributed by atoms with E-state index in [1.807, 2.05) is 0 Å². The molecule has 2 rings (SSSR count). The van der Waals surface area contributed by atoms with Gasteiger partial charge in [-0.25, -0.2) is 0 Å². The maximum atomic E-state index is 5.76. The van der Waals surface area contributed by atoms with E-state index >= 15 is 0 Å². The molecule has 2 aliphatic rings. The molecular weight excluding hydrogens is 194 g/mol. The summed E-state index contributed by atoms with van der Waals surface area (Å²) < 4.78 is 16.2. The SMILES string of the molecule is COC(CN1CCOC2CCCC21)OC. The van der Waals surface area contributed by atoms with Crippen molar-refractivity contribution in [2.45, 2.75) is 37.7 Å². The van der Waals surface area contributed by atoms with Crippen LogP contribution in [-0.2, 0) is 14.2 Å². The Balaban J connectivity index is 1.89. The van der Waals surface area contributed by atoms with Gasteiger partial charge in [-0.1, -0.05) is 0 Å². The smallest absolute Gasteiger partial charge is 0.169 e. The average molecular weight is 215 g/mol. The Morgan fingerprint density at radius 1 is 1.33 bits per heavy atom. The largest absolute Gasteiger partial charge is 0.375 e. The summed E-state index contributed by atoms with van der Waals surface area (Å²) in [5.74, 6) is 0. The Labute approximate surface area is 91.5 Å². The van der Waals surface area contributed by atoms with Crippen LogP contribution in [0.2, 0.25) is 0 Å². The van der Waals surface area contributed by atoms with E-state index in [-0.39, 0.29) is 6.29 Å². The Hall–Kier alpha value is -0.160. The Morgan fingerprint density at radius 2 is 2.13 bits per heavy atom. The summed E-state index contributed by atoms with van der Waals surface area (Å²) in [5, 5.41) is 0. The lowest BCUT2D eigenvalue weighted by Gasteiger charge is -2.38. The third kappa shape index (κ3) is 2.50. The fraction of sp³-hybridized carbons (Fsp3) is 1.00. The lowest BCUT2D eigenvalue weighted by atomic mass is 10.1. The minimum Gasteiger partial charge on any atom is -0.375 e. The summed E-state index contributed by atoms with van der Waals surface area (Å²) in [6.45, 7) is 2.71. The Bertz CT molecular complexity index is 196. The predicted octanol–water partition coefficient (Wildman–Crippen LogP) is 0.859. The molecule has 2 unspecified atom stereocenters. The highest BCUT2D eigenvalue weighted by Gasteiger charge is 2.36. The minimum absolute atomic E-state index is 0.107. The maximum absolute atomic E-state index is 5.76. The van der Waals surface area contributed by atoms with E-state index in [4.69, 9.17) is 14.2 Å². The second-order valence-electron chi connectivity index (χ2n) is 4.30. The van der Waals surface area contributed by atoms with Gasteiger partial charge in [0.1, 0.15) is 0 Å². The fourth-order valence-electron chi connectivity index (χ4n) is 2.67. The minimum atomic E-state index is -0.107. The van der Waals surface area contributed by atoms with E-state index in [9.17, 15) is 0 Å². The molecule has 0 aromatic carbocycles. The third-order valence-electron chi connectivity index (χ3n) is 3.51. The van der Waals surface area contributed by atoms with Gasteiger partial charge in [-0.15, -0.1) is 0 Å². The first-order valence-corrected chi connectivity index (χ1v) is 5.76. The van der Waals surface area contributed by atoms with Gasteiger partial charge in [0.15, 0.2) is 6.29 Å². The molecule has 1 heterocycles. The van der Waals surface area contributed by atoms with Crippen LogP contribution in [0.25, 0.3) is 0 Å². The van der Waals surface area contributed by atoms with Crippen LogP contribution >= 0.6 is 0 Å². The molecule has 1 saturated carbocycles. The molecule has 0 N–H and O–H groups in total. The van der Waals surface area contributed by atoms with Crippen molar-refractivity contribution in [3.63, 3.8) is 0 Å². The van der Waals surface area contributed by atoms with Crippen LogP contribution in [0.15, 0.2) is 0 Å². The van der Waals surface area contributed by atoms with Crippen LogP contribution in [0.3, 0.4) is 0 Å². The summed E-state index contributed by atoms with van der Waals surface area (Å²) in [5.41, 5.74) is 0. The predicted molar refractivity (Wildman–Crippen MR) is 56.8 cm³/mol. The first-order chi connectivity index (χ1) is 7.35. The fourth-order valence-corrected chi connectivity index (χ4v) is 2.67. The standard InChI is InChI=1S/C11H21NO3/c1-13-11(14-2)8-12-6-7-15-10-5-3-4-9(10)12/h9-11H,3-8H2,1-2H3. The highest BCUT2D eigenvalue weighted by Crippen LogP contribution is 2.29. The average Bonchev–Trinajstić information content (AvgIpc) is 2.74. The molecule has 0 aromatic rings. The quantitative estimate of drug-likeness (QED) is 0.651. The Kier molecular flexibility index (Phi) is 3.97. The summed E-state index contributed by atoms with van der Waals surface area (Å²) in [7, 11) is 3.39. The summed E-state index contributed by atoms with van der Waals surface area (Å²) in [6.07, 6.45) is 4.10. The van der Waals surface area contributed by atoms with Crippen molar-refractivity contribution in [2.24, 2.45) is 0 Å². The van der Waals surface area contributed by atoms with E-state index in [0.717, 1.165) is 19.7 Å². The van der Waals surface area contributed by atoms with Gasteiger partial charge in [-0.05, 0) is 19.3 Å². The molecule has 1 saturated heterocycles. The summed E-state index contributed by atoms with van der Waals surface area (Å²) >= 11 is 0. The lowest BCUT2D eigenvalue weighted by Crippen LogP contribution is -2.51. The molecule has 1 aliphatic carbocycles. The molecule has 4 heteroatoms. The molecule has 0 radical (unpaired) electrons. The van der Waals surface area contributed by atoms with Crippen molar-refractivity contribution in [1.29, 1.82) is 0 Å². The zero-order chi connectivity index (χ0) is 10.7. The van der Waals surface area contributed by atoms with Gasteiger partial charge in [-0.3, -0.25) is 4.90 Å². The number of nitrogens with zero attached hydrogens (tertiary/aromatic N) is 1. The second kappa shape index (κ2) is 5.25. The van der Waals surface area contributed by atoms with Crippen molar-refractivity contribution in [3.8, 4) is 0 Å². The van der Waals surface area contributed by atoms with Crippen molar-refractivity contribution >= 4 is 0 Å². The van der Waals surface area contributed by atoms with E-state index in [1.54, 1.807) is 14.2 Å². The first-order valence-electron chi connectivity index (χ1n) is 5.76.